The fourth-order valence-electron chi connectivity index (χ4n) is 2.14. The highest BCUT2D eigenvalue weighted by atomic mass is 79.9. The Labute approximate surface area is 111 Å². The van der Waals surface area contributed by atoms with Crippen LogP contribution in [-0.2, 0) is 5.54 Å². The van der Waals surface area contributed by atoms with E-state index in [4.69, 9.17) is 10.5 Å². The molecule has 92 valence electrons. The number of ether oxygens (including phenoxy) is 1. The Morgan fingerprint density at radius 3 is 2.71 bits per heavy atom. The fourth-order valence-corrected chi connectivity index (χ4v) is 2.82. The van der Waals surface area contributed by atoms with Crippen molar-refractivity contribution in [3.8, 4) is 5.75 Å². The number of aryl methyl sites for hydroxylation is 1. The summed E-state index contributed by atoms with van der Waals surface area (Å²) in [6.45, 7) is 2.94. The van der Waals surface area contributed by atoms with E-state index in [0.29, 0.717) is 0 Å². The van der Waals surface area contributed by atoms with Gasteiger partial charge in [0.1, 0.15) is 5.75 Å². The number of benzene rings is 1. The van der Waals surface area contributed by atoms with Gasteiger partial charge in [0.25, 0.3) is 0 Å². The lowest BCUT2D eigenvalue weighted by Crippen LogP contribution is -2.20. The van der Waals surface area contributed by atoms with Crippen LogP contribution >= 0.6 is 15.9 Å². The number of nitrogens with two attached hydrogens (primary N) is 1. The Bertz CT molecular complexity index is 450. The molecule has 2 aliphatic rings. The summed E-state index contributed by atoms with van der Waals surface area (Å²) >= 11 is 3.61. The summed E-state index contributed by atoms with van der Waals surface area (Å²) in [7, 11) is 0. The van der Waals surface area contributed by atoms with E-state index in [2.05, 4.69) is 35.0 Å². The molecule has 17 heavy (non-hydrogen) atoms. The van der Waals surface area contributed by atoms with Crippen LogP contribution in [0.2, 0.25) is 0 Å². The zero-order chi connectivity index (χ0) is 12.0. The molecule has 0 aliphatic heterocycles. The molecule has 1 aromatic rings. The molecule has 2 N–H and O–H groups in total. The molecule has 1 aromatic carbocycles. The molecule has 0 spiro atoms. The molecule has 0 amide bonds. The van der Waals surface area contributed by atoms with Gasteiger partial charge in [-0.05, 0) is 66.1 Å². The largest absolute Gasteiger partial charge is 0.492 e. The van der Waals surface area contributed by atoms with E-state index in [-0.39, 0.29) is 5.54 Å². The Hall–Kier alpha value is -0.540. The van der Waals surface area contributed by atoms with E-state index in [1.165, 1.54) is 24.0 Å². The molecule has 3 heteroatoms. The predicted octanol–water partition coefficient (Wildman–Crippen LogP) is 3.49. The van der Waals surface area contributed by atoms with Crippen molar-refractivity contribution in [2.45, 2.75) is 38.1 Å². The molecule has 3 rings (SSSR count). The van der Waals surface area contributed by atoms with Crippen LogP contribution in [0, 0.1) is 12.8 Å². The molecule has 2 saturated carbocycles. The van der Waals surface area contributed by atoms with Crippen molar-refractivity contribution in [2.75, 3.05) is 6.61 Å². The third kappa shape index (κ3) is 2.36. The maximum absolute atomic E-state index is 6.33. The van der Waals surface area contributed by atoms with Gasteiger partial charge in [0.2, 0.25) is 0 Å². The summed E-state index contributed by atoms with van der Waals surface area (Å²) < 4.78 is 7.03. The van der Waals surface area contributed by atoms with Crippen molar-refractivity contribution in [3.63, 3.8) is 0 Å². The molecule has 2 aliphatic carbocycles. The van der Waals surface area contributed by atoms with Crippen molar-refractivity contribution in [3.05, 3.63) is 27.7 Å². The standard InChI is InChI=1S/C14H18BrNO/c1-9-6-11(14(16)4-5-14)13(12(15)7-9)17-8-10-2-3-10/h6-7,10H,2-5,8,16H2,1H3. The highest BCUT2D eigenvalue weighted by Gasteiger charge is 2.43. The molecule has 0 heterocycles. The van der Waals surface area contributed by atoms with E-state index >= 15 is 0 Å². The smallest absolute Gasteiger partial charge is 0.138 e. The zero-order valence-corrected chi connectivity index (χ0v) is 11.7. The Morgan fingerprint density at radius 2 is 2.12 bits per heavy atom. The van der Waals surface area contributed by atoms with Crippen LogP contribution in [0.1, 0.15) is 36.8 Å². The molecule has 2 nitrogen and oxygen atoms in total. The molecular weight excluding hydrogens is 278 g/mol. The minimum absolute atomic E-state index is 0.132. The minimum Gasteiger partial charge on any atom is -0.492 e. The van der Waals surface area contributed by atoms with E-state index in [1.54, 1.807) is 0 Å². The lowest BCUT2D eigenvalue weighted by atomic mass is 10.0. The maximum Gasteiger partial charge on any atom is 0.138 e. The van der Waals surface area contributed by atoms with E-state index in [0.717, 1.165) is 35.6 Å². The minimum atomic E-state index is -0.132. The second-order valence-corrected chi connectivity index (χ2v) is 6.39. The second kappa shape index (κ2) is 3.99. The van der Waals surface area contributed by atoms with Gasteiger partial charge in [-0.1, -0.05) is 6.07 Å². The summed E-state index contributed by atoms with van der Waals surface area (Å²) in [4.78, 5) is 0. The first-order valence-corrected chi connectivity index (χ1v) is 7.10. The quantitative estimate of drug-likeness (QED) is 0.923. The highest BCUT2D eigenvalue weighted by Crippen LogP contribution is 2.49. The van der Waals surface area contributed by atoms with Gasteiger partial charge in [-0.15, -0.1) is 0 Å². The summed E-state index contributed by atoms with van der Waals surface area (Å²) in [5, 5.41) is 0. The summed E-state index contributed by atoms with van der Waals surface area (Å²) in [5.41, 5.74) is 8.62. The topological polar surface area (TPSA) is 35.2 Å². The van der Waals surface area contributed by atoms with Crippen molar-refractivity contribution in [1.82, 2.24) is 0 Å². The maximum atomic E-state index is 6.33. The summed E-state index contributed by atoms with van der Waals surface area (Å²) in [6.07, 6.45) is 4.77. The molecule has 0 bridgehead atoms. The third-order valence-electron chi connectivity index (χ3n) is 3.67. The van der Waals surface area contributed by atoms with Gasteiger partial charge < -0.3 is 10.5 Å². The normalized spacial score (nSPS) is 21.4. The van der Waals surface area contributed by atoms with Crippen molar-refractivity contribution >= 4 is 15.9 Å². The molecule has 2 fully saturated rings. The van der Waals surface area contributed by atoms with Gasteiger partial charge in [-0.25, -0.2) is 0 Å². The van der Waals surface area contributed by atoms with E-state index < -0.39 is 0 Å². The predicted molar refractivity (Wildman–Crippen MR) is 72.2 cm³/mol. The van der Waals surface area contributed by atoms with E-state index in [1.807, 2.05) is 0 Å². The fraction of sp³-hybridized carbons (Fsp3) is 0.571. The average Bonchev–Trinajstić information content (AvgIpc) is 3.13. The Balaban J connectivity index is 1.92. The number of halogens is 1. The van der Waals surface area contributed by atoms with Gasteiger partial charge >= 0.3 is 0 Å². The Morgan fingerprint density at radius 1 is 1.41 bits per heavy atom. The SMILES string of the molecule is Cc1cc(Br)c(OCC2CC2)c(C2(N)CC2)c1. The van der Waals surface area contributed by atoms with Crippen LogP contribution in [0.25, 0.3) is 0 Å². The lowest BCUT2D eigenvalue weighted by Gasteiger charge is -2.18. The second-order valence-electron chi connectivity index (χ2n) is 5.53. The first-order chi connectivity index (χ1) is 8.08. The first kappa shape index (κ1) is 11.5. The molecule has 0 saturated heterocycles. The monoisotopic (exact) mass is 295 g/mol. The van der Waals surface area contributed by atoms with Crippen LogP contribution in [0.4, 0.5) is 0 Å². The van der Waals surface area contributed by atoms with Crippen LogP contribution in [0.3, 0.4) is 0 Å². The van der Waals surface area contributed by atoms with Crippen LogP contribution in [0.15, 0.2) is 16.6 Å². The molecule has 0 unspecified atom stereocenters. The summed E-state index contributed by atoms with van der Waals surface area (Å²) in [6, 6.07) is 4.29. The zero-order valence-electron chi connectivity index (χ0n) is 10.1. The molecular formula is C14H18BrNO. The van der Waals surface area contributed by atoms with Crippen molar-refractivity contribution in [1.29, 1.82) is 0 Å². The van der Waals surface area contributed by atoms with Crippen LogP contribution in [-0.4, -0.2) is 6.61 Å². The number of hydrogen-bond acceptors (Lipinski definition) is 2. The third-order valence-corrected chi connectivity index (χ3v) is 4.26. The number of rotatable bonds is 4. The average molecular weight is 296 g/mol. The summed E-state index contributed by atoms with van der Waals surface area (Å²) in [5.74, 6) is 1.74. The first-order valence-electron chi connectivity index (χ1n) is 6.31. The van der Waals surface area contributed by atoms with Crippen LogP contribution in [0.5, 0.6) is 5.75 Å². The van der Waals surface area contributed by atoms with Crippen molar-refractivity contribution in [2.24, 2.45) is 11.7 Å². The molecule has 0 atom stereocenters. The lowest BCUT2D eigenvalue weighted by molar-refractivity contribution is 0.292. The van der Waals surface area contributed by atoms with Gasteiger partial charge in [0.15, 0.2) is 0 Å². The van der Waals surface area contributed by atoms with Gasteiger partial charge in [0.05, 0.1) is 11.1 Å². The number of hydrogen-bond donors (Lipinski definition) is 1. The highest BCUT2D eigenvalue weighted by molar-refractivity contribution is 9.10. The van der Waals surface area contributed by atoms with Gasteiger partial charge in [-0.2, -0.15) is 0 Å². The molecule has 0 aromatic heterocycles. The van der Waals surface area contributed by atoms with E-state index in [9.17, 15) is 0 Å². The molecule has 0 radical (unpaired) electrons. The van der Waals surface area contributed by atoms with Gasteiger partial charge in [-0.3, -0.25) is 0 Å². The van der Waals surface area contributed by atoms with Gasteiger partial charge in [0, 0.05) is 11.1 Å². The van der Waals surface area contributed by atoms with Crippen molar-refractivity contribution < 1.29 is 4.74 Å². The Kier molecular flexibility index (Phi) is 2.71. The van der Waals surface area contributed by atoms with Crippen LogP contribution < -0.4 is 10.5 Å².